The van der Waals surface area contributed by atoms with Gasteiger partial charge < -0.3 is 14.7 Å². The molecule has 1 saturated heterocycles. The Hall–Kier alpha value is -1.39. The number of nitrogens with zero attached hydrogens (tertiary/aromatic N) is 1. The van der Waals surface area contributed by atoms with Crippen LogP contribution in [-0.2, 0) is 9.53 Å². The first kappa shape index (κ1) is 14.0. The summed E-state index contributed by atoms with van der Waals surface area (Å²) in [4.78, 5) is 13.1. The molecule has 2 rings (SSSR count). The first-order chi connectivity index (χ1) is 9.20. The van der Waals surface area contributed by atoms with Crippen molar-refractivity contribution < 1.29 is 14.6 Å². The van der Waals surface area contributed by atoms with Gasteiger partial charge in [-0.15, -0.1) is 0 Å². The number of hydrogen-bond donors (Lipinski definition) is 1. The number of piperidine rings is 1. The molecule has 1 aromatic carbocycles. The highest BCUT2D eigenvalue weighted by atomic mass is 16.5. The van der Waals surface area contributed by atoms with Crippen molar-refractivity contribution in [3.63, 3.8) is 0 Å². The summed E-state index contributed by atoms with van der Waals surface area (Å²) in [5.41, 5.74) is 0.999. The van der Waals surface area contributed by atoms with Crippen molar-refractivity contribution in [1.82, 2.24) is 4.90 Å². The Morgan fingerprint density at radius 3 is 2.53 bits per heavy atom. The van der Waals surface area contributed by atoms with Gasteiger partial charge in [0, 0.05) is 20.0 Å². The van der Waals surface area contributed by atoms with Gasteiger partial charge in [0.15, 0.2) is 0 Å². The summed E-state index contributed by atoms with van der Waals surface area (Å²) >= 11 is 0. The van der Waals surface area contributed by atoms with Crippen LogP contribution < -0.4 is 0 Å². The molecule has 1 N–H and O–H groups in total. The van der Waals surface area contributed by atoms with Gasteiger partial charge in [-0.2, -0.15) is 0 Å². The van der Waals surface area contributed by atoms with Crippen LogP contribution in [0.15, 0.2) is 30.3 Å². The van der Waals surface area contributed by atoms with Crippen LogP contribution in [0.25, 0.3) is 0 Å². The van der Waals surface area contributed by atoms with Gasteiger partial charge in [-0.25, -0.2) is 0 Å². The normalized spacial score (nSPS) is 18.3. The molecule has 0 unspecified atom stereocenters. The number of hydrogen-bond acceptors (Lipinski definition) is 3. The number of likely N-dealkylation sites (tertiary alicyclic amines) is 1. The Bertz CT molecular complexity index is 399. The van der Waals surface area contributed by atoms with Crippen LogP contribution in [0, 0.1) is 0 Å². The summed E-state index contributed by atoms with van der Waals surface area (Å²) in [6, 6.07) is 9.76. The molecule has 0 aliphatic carbocycles. The van der Waals surface area contributed by atoms with E-state index in [1.165, 1.54) is 0 Å². The second-order valence-corrected chi connectivity index (χ2v) is 4.92. The summed E-state index contributed by atoms with van der Waals surface area (Å²) in [5.74, 6) is 0.125. The van der Waals surface area contributed by atoms with Crippen molar-refractivity contribution >= 4 is 5.91 Å². The summed E-state index contributed by atoms with van der Waals surface area (Å²) < 4.78 is 5.97. The third-order valence-corrected chi connectivity index (χ3v) is 3.58. The lowest BCUT2D eigenvalue weighted by Crippen LogP contribution is -2.40. The number of rotatable bonds is 4. The molecular weight excluding hydrogens is 242 g/mol. The number of aliphatic hydroxyl groups excluding tert-OH is 1. The second-order valence-electron chi connectivity index (χ2n) is 4.92. The van der Waals surface area contributed by atoms with E-state index in [0.29, 0.717) is 0 Å². The minimum Gasteiger partial charge on any atom is -0.393 e. The van der Waals surface area contributed by atoms with Crippen LogP contribution in [0.4, 0.5) is 0 Å². The maximum absolute atomic E-state index is 11.3. The van der Waals surface area contributed by atoms with Crippen molar-refractivity contribution in [2.75, 3.05) is 19.7 Å². The molecular formula is C15H21NO3. The van der Waals surface area contributed by atoms with Crippen LogP contribution in [0.2, 0.25) is 0 Å². The van der Waals surface area contributed by atoms with E-state index in [-0.39, 0.29) is 24.7 Å². The molecule has 1 amide bonds. The van der Waals surface area contributed by atoms with Gasteiger partial charge in [-0.3, -0.25) is 4.79 Å². The van der Waals surface area contributed by atoms with E-state index in [9.17, 15) is 9.90 Å². The smallest absolute Gasteiger partial charge is 0.219 e. The maximum Gasteiger partial charge on any atom is 0.219 e. The van der Waals surface area contributed by atoms with Gasteiger partial charge >= 0.3 is 0 Å². The van der Waals surface area contributed by atoms with Gasteiger partial charge in [0.05, 0.1) is 12.7 Å². The number of aliphatic hydroxyl groups is 1. The first-order valence-corrected chi connectivity index (χ1v) is 6.77. The lowest BCUT2D eigenvalue weighted by molar-refractivity contribution is -0.133. The molecule has 0 saturated carbocycles. The van der Waals surface area contributed by atoms with Gasteiger partial charge in [-0.1, -0.05) is 30.3 Å². The van der Waals surface area contributed by atoms with Gasteiger partial charge in [-0.05, 0) is 18.4 Å². The molecule has 1 aliphatic heterocycles. The van der Waals surface area contributed by atoms with Gasteiger partial charge in [0.25, 0.3) is 0 Å². The van der Waals surface area contributed by atoms with Crippen molar-refractivity contribution in [2.45, 2.75) is 32.0 Å². The van der Waals surface area contributed by atoms with E-state index < -0.39 is 0 Å². The Balaban J connectivity index is 1.89. The van der Waals surface area contributed by atoms with E-state index >= 15 is 0 Å². The van der Waals surface area contributed by atoms with E-state index in [4.69, 9.17) is 4.74 Å². The molecule has 0 spiro atoms. The van der Waals surface area contributed by atoms with Crippen molar-refractivity contribution in [3.05, 3.63) is 35.9 Å². The monoisotopic (exact) mass is 263 g/mol. The molecule has 0 radical (unpaired) electrons. The van der Waals surface area contributed by atoms with Gasteiger partial charge in [0.1, 0.15) is 6.10 Å². The predicted molar refractivity (Wildman–Crippen MR) is 72.6 cm³/mol. The van der Waals surface area contributed by atoms with Crippen LogP contribution >= 0.6 is 0 Å². The summed E-state index contributed by atoms with van der Waals surface area (Å²) in [6.07, 6.45) is 1.52. The molecule has 0 aromatic heterocycles. The number of carbonyl (C=O) groups excluding carboxylic acids is 1. The molecule has 1 aliphatic rings. The molecule has 1 atom stereocenters. The third kappa shape index (κ3) is 3.78. The van der Waals surface area contributed by atoms with Crippen molar-refractivity contribution in [3.8, 4) is 0 Å². The molecule has 1 heterocycles. The first-order valence-electron chi connectivity index (χ1n) is 6.77. The minimum atomic E-state index is -0.268. The minimum absolute atomic E-state index is 0.0169. The van der Waals surface area contributed by atoms with E-state index in [1.807, 2.05) is 35.2 Å². The number of amides is 1. The zero-order chi connectivity index (χ0) is 13.7. The average molecular weight is 263 g/mol. The number of carbonyl (C=O) groups is 1. The lowest BCUT2D eigenvalue weighted by atomic mass is 10.1. The largest absolute Gasteiger partial charge is 0.393 e. The number of ether oxygens (including phenoxy) is 1. The standard InChI is InChI=1S/C15H21NO3/c1-12(18)16-9-7-14(8-10-16)19-15(11-17)13-5-3-2-4-6-13/h2-6,14-15,17H,7-11H2,1H3/t15-/m0/s1. The Kier molecular flexibility index (Phi) is 4.93. The summed E-state index contributed by atoms with van der Waals surface area (Å²) in [5, 5.41) is 9.46. The summed E-state index contributed by atoms with van der Waals surface area (Å²) in [7, 11) is 0. The molecule has 1 fully saturated rings. The van der Waals surface area contributed by atoms with Crippen LogP contribution in [0.5, 0.6) is 0 Å². The fourth-order valence-electron chi connectivity index (χ4n) is 2.43. The van der Waals surface area contributed by atoms with Gasteiger partial charge in [0.2, 0.25) is 5.91 Å². The SMILES string of the molecule is CC(=O)N1CCC(O[C@@H](CO)c2ccccc2)CC1. The Morgan fingerprint density at radius 2 is 2.00 bits per heavy atom. The quantitative estimate of drug-likeness (QED) is 0.900. The Labute approximate surface area is 114 Å². The van der Waals surface area contributed by atoms with Crippen LogP contribution in [0.3, 0.4) is 0 Å². The fourth-order valence-corrected chi connectivity index (χ4v) is 2.43. The third-order valence-electron chi connectivity index (χ3n) is 3.58. The maximum atomic E-state index is 11.3. The second kappa shape index (κ2) is 6.68. The molecule has 0 bridgehead atoms. The van der Waals surface area contributed by atoms with Crippen LogP contribution in [-0.4, -0.2) is 41.7 Å². The molecule has 104 valence electrons. The van der Waals surface area contributed by atoms with Crippen molar-refractivity contribution in [1.29, 1.82) is 0 Å². The zero-order valence-corrected chi connectivity index (χ0v) is 11.3. The molecule has 4 heteroatoms. The highest BCUT2D eigenvalue weighted by Gasteiger charge is 2.24. The summed E-state index contributed by atoms with van der Waals surface area (Å²) in [6.45, 7) is 3.07. The van der Waals surface area contributed by atoms with Crippen LogP contribution in [0.1, 0.15) is 31.4 Å². The van der Waals surface area contributed by atoms with E-state index in [2.05, 4.69) is 0 Å². The molecule has 1 aromatic rings. The van der Waals surface area contributed by atoms with E-state index in [0.717, 1.165) is 31.5 Å². The van der Waals surface area contributed by atoms with Crippen molar-refractivity contribution in [2.24, 2.45) is 0 Å². The molecule has 19 heavy (non-hydrogen) atoms. The number of benzene rings is 1. The predicted octanol–water partition coefficient (Wildman–Crippen LogP) is 1.75. The Morgan fingerprint density at radius 1 is 1.37 bits per heavy atom. The average Bonchev–Trinajstić information content (AvgIpc) is 2.46. The van der Waals surface area contributed by atoms with E-state index in [1.54, 1.807) is 6.92 Å². The highest BCUT2D eigenvalue weighted by molar-refractivity contribution is 5.73. The lowest BCUT2D eigenvalue weighted by Gasteiger charge is -2.33. The zero-order valence-electron chi connectivity index (χ0n) is 11.3. The highest BCUT2D eigenvalue weighted by Crippen LogP contribution is 2.23. The molecule has 4 nitrogen and oxygen atoms in total. The topological polar surface area (TPSA) is 49.8 Å². The fraction of sp³-hybridized carbons (Fsp3) is 0.533.